The molecule has 0 saturated heterocycles. The Bertz CT molecular complexity index is 1200. The molecule has 0 spiro atoms. The lowest BCUT2D eigenvalue weighted by Gasteiger charge is -2.54. The van der Waals surface area contributed by atoms with E-state index in [1.807, 2.05) is 128 Å². The molecule has 6 unspecified atom stereocenters. The molecule has 6 nitrogen and oxygen atoms in total. The van der Waals surface area contributed by atoms with Gasteiger partial charge in [-0.3, -0.25) is 0 Å². The molecule has 46 heavy (non-hydrogen) atoms. The van der Waals surface area contributed by atoms with E-state index < -0.39 is 45.4 Å². The molecule has 256 valence electrons. The number of allylic oxidation sites excluding steroid dienone is 16. The van der Waals surface area contributed by atoms with Gasteiger partial charge in [0.15, 0.2) is 0 Å². The highest BCUT2D eigenvalue weighted by molar-refractivity contribution is 5.34. The average Bonchev–Trinajstić information content (AvgIpc) is 2.89. The molecule has 2 saturated carbocycles. The zero-order valence-corrected chi connectivity index (χ0v) is 29.7. The predicted molar refractivity (Wildman–Crippen MR) is 190 cm³/mol. The van der Waals surface area contributed by atoms with Crippen molar-refractivity contribution in [3.05, 3.63) is 107 Å². The van der Waals surface area contributed by atoms with Crippen molar-refractivity contribution in [1.82, 2.24) is 0 Å². The summed E-state index contributed by atoms with van der Waals surface area (Å²) >= 11 is 0. The van der Waals surface area contributed by atoms with Gasteiger partial charge in [0.25, 0.3) is 0 Å². The lowest BCUT2D eigenvalue weighted by atomic mass is 9.57. The molecule has 2 rings (SSSR count). The normalized spacial score (nSPS) is 36.7. The third-order valence-electron chi connectivity index (χ3n) is 9.90. The molecule has 0 radical (unpaired) electrons. The van der Waals surface area contributed by atoms with Gasteiger partial charge in [0.2, 0.25) is 0 Å². The van der Waals surface area contributed by atoms with Gasteiger partial charge in [-0.05, 0) is 66.5 Å². The quantitative estimate of drug-likeness (QED) is 0.146. The van der Waals surface area contributed by atoms with Crippen molar-refractivity contribution in [2.24, 2.45) is 10.8 Å². The minimum atomic E-state index is -1.46. The maximum absolute atomic E-state index is 11.4. The van der Waals surface area contributed by atoms with E-state index in [-0.39, 0.29) is 12.8 Å². The summed E-state index contributed by atoms with van der Waals surface area (Å²) in [6, 6.07) is 0. The molecule has 0 aromatic heterocycles. The zero-order valence-electron chi connectivity index (χ0n) is 29.7. The van der Waals surface area contributed by atoms with Gasteiger partial charge in [0.05, 0.1) is 23.4 Å². The molecule has 0 heterocycles. The van der Waals surface area contributed by atoms with E-state index in [1.165, 1.54) is 0 Å². The number of hydrogen-bond acceptors (Lipinski definition) is 6. The Morgan fingerprint density at radius 3 is 1.04 bits per heavy atom. The summed E-state index contributed by atoms with van der Waals surface area (Å²) in [5.74, 6) is 0. The smallest absolute Gasteiger partial charge is 0.117 e. The average molecular weight is 637 g/mol. The number of aliphatic hydroxyl groups excluding tert-OH is 2. The topological polar surface area (TPSA) is 121 Å². The Kier molecular flexibility index (Phi) is 13.0. The van der Waals surface area contributed by atoms with Crippen LogP contribution in [0.3, 0.4) is 0 Å². The molecule has 2 aliphatic carbocycles. The Morgan fingerprint density at radius 2 is 0.739 bits per heavy atom. The first kappa shape index (κ1) is 39.6. The first-order valence-corrected chi connectivity index (χ1v) is 16.3. The minimum Gasteiger partial charge on any atom is -0.393 e. The Morgan fingerprint density at radius 1 is 0.457 bits per heavy atom. The molecular weight excluding hydrogens is 576 g/mol. The highest BCUT2D eigenvalue weighted by atomic mass is 16.4. The lowest BCUT2D eigenvalue weighted by molar-refractivity contribution is -0.217. The maximum atomic E-state index is 11.4. The van der Waals surface area contributed by atoms with Crippen LogP contribution in [0.2, 0.25) is 0 Å². The van der Waals surface area contributed by atoms with Gasteiger partial charge in [-0.15, -0.1) is 0 Å². The van der Waals surface area contributed by atoms with Crippen molar-refractivity contribution >= 4 is 0 Å². The molecule has 6 atom stereocenters. The van der Waals surface area contributed by atoms with Gasteiger partial charge in [-0.1, -0.05) is 123 Å². The highest BCUT2D eigenvalue weighted by Crippen LogP contribution is 2.51. The van der Waals surface area contributed by atoms with E-state index in [2.05, 4.69) is 0 Å². The Balaban J connectivity index is 1.97. The van der Waals surface area contributed by atoms with Gasteiger partial charge in [-0.2, -0.15) is 0 Å². The highest BCUT2D eigenvalue weighted by Gasteiger charge is 2.59. The molecule has 2 fully saturated rings. The van der Waals surface area contributed by atoms with Crippen LogP contribution in [0.1, 0.15) is 94.9 Å². The Labute approximate surface area is 278 Å². The van der Waals surface area contributed by atoms with Gasteiger partial charge >= 0.3 is 0 Å². The predicted octanol–water partition coefficient (Wildman–Crippen LogP) is 6.88. The van der Waals surface area contributed by atoms with Crippen molar-refractivity contribution in [1.29, 1.82) is 0 Å². The van der Waals surface area contributed by atoms with Crippen LogP contribution in [0, 0.1) is 10.8 Å². The summed E-state index contributed by atoms with van der Waals surface area (Å²) in [5.41, 5.74) is -3.18. The number of rotatable bonds is 10. The molecule has 6 heteroatoms. The van der Waals surface area contributed by atoms with Crippen molar-refractivity contribution in [3.63, 3.8) is 0 Å². The molecule has 0 amide bonds. The molecule has 6 N–H and O–H groups in total. The van der Waals surface area contributed by atoms with Gasteiger partial charge < -0.3 is 30.6 Å². The van der Waals surface area contributed by atoms with E-state index in [0.717, 1.165) is 22.3 Å². The van der Waals surface area contributed by atoms with Crippen LogP contribution in [0.25, 0.3) is 0 Å². The monoisotopic (exact) mass is 636 g/mol. The largest absolute Gasteiger partial charge is 0.393 e. The lowest BCUT2D eigenvalue weighted by Crippen LogP contribution is -2.65. The van der Waals surface area contributed by atoms with Crippen LogP contribution >= 0.6 is 0 Å². The van der Waals surface area contributed by atoms with Crippen molar-refractivity contribution in [3.8, 4) is 0 Å². The van der Waals surface area contributed by atoms with Crippen LogP contribution in [-0.2, 0) is 0 Å². The van der Waals surface area contributed by atoms with Crippen molar-refractivity contribution in [2.75, 3.05) is 0 Å². The van der Waals surface area contributed by atoms with Gasteiger partial charge in [0, 0.05) is 23.7 Å². The molecule has 0 aromatic rings. The van der Waals surface area contributed by atoms with Gasteiger partial charge in [-0.25, -0.2) is 0 Å². The van der Waals surface area contributed by atoms with E-state index >= 15 is 0 Å². The van der Waals surface area contributed by atoms with E-state index in [9.17, 15) is 30.6 Å². The summed E-state index contributed by atoms with van der Waals surface area (Å²) in [6.07, 6.45) is 26.5. The summed E-state index contributed by atoms with van der Waals surface area (Å²) < 4.78 is 0. The zero-order chi connectivity index (χ0) is 35.2. The van der Waals surface area contributed by atoms with Gasteiger partial charge in [0.1, 0.15) is 11.2 Å². The standard InChI is InChI=1S/C40H60O6/c1-29(17-13-19-31(3)21-23-39(45)35(5,6)25-33(41)27-37(39,9)43)15-11-12-16-30(2)18-14-20-32(4)22-24-40(46)36(7,8)26-34(42)28-38(40,10)44/h11-24,33-34,41-46H,25-28H2,1-10H3. The fraction of sp³-hybridized carbons (Fsp3) is 0.550. The second-order valence-electron chi connectivity index (χ2n) is 15.4. The van der Waals surface area contributed by atoms with Crippen LogP contribution in [0.4, 0.5) is 0 Å². The first-order chi connectivity index (χ1) is 21.0. The number of hydrogen-bond donors (Lipinski definition) is 6. The molecule has 0 aliphatic heterocycles. The van der Waals surface area contributed by atoms with Crippen LogP contribution < -0.4 is 0 Å². The third kappa shape index (κ3) is 9.50. The first-order valence-electron chi connectivity index (χ1n) is 16.3. The molecule has 0 aromatic carbocycles. The molecule has 0 bridgehead atoms. The minimum absolute atomic E-state index is 0.126. The fourth-order valence-corrected chi connectivity index (χ4v) is 6.98. The summed E-state index contributed by atoms with van der Waals surface area (Å²) in [5, 5.41) is 65.0. The SMILES string of the molecule is CC(C=CC=C(C)C=CC1(O)C(C)(C)CC(O)CC1(C)O)=CC=CC=C(C)C=CC=C(C)C=CC1(O)C(C)(C)CC(O)CC1(C)O. The summed E-state index contributed by atoms with van der Waals surface area (Å²) in [4.78, 5) is 0. The molecule has 2 aliphatic rings. The summed E-state index contributed by atoms with van der Waals surface area (Å²) in [7, 11) is 0. The summed E-state index contributed by atoms with van der Waals surface area (Å²) in [6.45, 7) is 18.5. The van der Waals surface area contributed by atoms with Crippen LogP contribution in [0.15, 0.2) is 107 Å². The van der Waals surface area contributed by atoms with Crippen LogP contribution in [0.5, 0.6) is 0 Å². The van der Waals surface area contributed by atoms with E-state index in [1.54, 1.807) is 26.0 Å². The second kappa shape index (κ2) is 15.1. The Hall–Kier alpha value is -2.58. The van der Waals surface area contributed by atoms with Crippen LogP contribution in [-0.4, -0.2) is 65.3 Å². The third-order valence-corrected chi connectivity index (χ3v) is 9.90. The fourth-order valence-electron chi connectivity index (χ4n) is 6.98. The van der Waals surface area contributed by atoms with Crippen molar-refractivity contribution < 1.29 is 30.6 Å². The maximum Gasteiger partial charge on any atom is 0.117 e. The van der Waals surface area contributed by atoms with E-state index in [0.29, 0.717) is 12.8 Å². The van der Waals surface area contributed by atoms with Crippen molar-refractivity contribution in [2.45, 2.75) is 130 Å². The molecular formula is C40H60O6. The number of aliphatic hydroxyl groups is 6. The second-order valence-corrected chi connectivity index (χ2v) is 15.4. The van der Waals surface area contributed by atoms with E-state index in [4.69, 9.17) is 0 Å².